The number of aromatic nitrogens is 2. The minimum atomic E-state index is -1.07. The number of carbonyl (C=O) groups excluding carboxylic acids is 1. The average Bonchev–Trinajstić information content (AvgIpc) is 2.93. The Morgan fingerprint density at radius 2 is 2.12 bits per heavy atom. The normalized spacial score (nSPS) is 10.8. The maximum atomic E-state index is 12.6. The number of hydrogen-bond acceptors (Lipinski definition) is 5. The number of benzene rings is 1. The number of rotatable bonds is 4. The van der Waals surface area contributed by atoms with Crippen molar-refractivity contribution in [3.63, 3.8) is 0 Å². The summed E-state index contributed by atoms with van der Waals surface area (Å²) in [6.07, 6.45) is 1.47. The highest BCUT2D eigenvalue weighted by Crippen LogP contribution is 2.27. The van der Waals surface area contributed by atoms with Gasteiger partial charge in [0, 0.05) is 12.2 Å². The highest BCUT2D eigenvalue weighted by atomic mass is 32.1. The molecule has 0 unspecified atom stereocenters. The average molecular weight is 357 g/mol. The monoisotopic (exact) mass is 357 g/mol. The van der Waals surface area contributed by atoms with Crippen molar-refractivity contribution in [1.29, 1.82) is 0 Å². The van der Waals surface area contributed by atoms with Gasteiger partial charge < -0.3 is 10.4 Å². The van der Waals surface area contributed by atoms with Gasteiger partial charge in [-0.05, 0) is 37.6 Å². The number of carboxylic acid groups (broad SMARTS) is 1. The fourth-order valence-corrected chi connectivity index (χ4v) is 3.55. The van der Waals surface area contributed by atoms with Crippen LogP contribution in [0.1, 0.15) is 32.5 Å². The van der Waals surface area contributed by atoms with Crippen molar-refractivity contribution in [2.24, 2.45) is 0 Å². The van der Waals surface area contributed by atoms with Crippen molar-refractivity contribution >= 4 is 39.1 Å². The second-order valence-corrected chi connectivity index (χ2v) is 6.41. The molecule has 0 atom stereocenters. The van der Waals surface area contributed by atoms with E-state index in [-0.39, 0.29) is 11.1 Å². The topological polar surface area (TPSA) is 101 Å². The molecule has 25 heavy (non-hydrogen) atoms. The number of carboxylic acids is 1. The molecule has 0 radical (unpaired) electrons. The van der Waals surface area contributed by atoms with Gasteiger partial charge in [0.05, 0.1) is 22.2 Å². The van der Waals surface area contributed by atoms with E-state index < -0.39 is 11.9 Å². The van der Waals surface area contributed by atoms with Crippen molar-refractivity contribution in [2.45, 2.75) is 20.4 Å². The van der Waals surface area contributed by atoms with Crippen LogP contribution in [0, 0.1) is 6.92 Å². The Bertz CT molecular complexity index is 1050. The molecule has 0 fully saturated rings. The second-order valence-electron chi connectivity index (χ2n) is 5.41. The van der Waals surface area contributed by atoms with Gasteiger partial charge >= 0.3 is 5.97 Å². The molecular formula is C17H15N3O4S. The number of aryl methyl sites for hydroxylation is 2. The lowest BCUT2D eigenvalue weighted by atomic mass is 10.2. The standard InChI is InChI=1S/C17H15N3O4S/c1-3-20-8-18-15-12(16(20)22)9(2)13(25-15)14(21)19-11-6-4-5-10(7-11)17(23)24/h4-8H,3H2,1-2H3,(H,19,21)(H,23,24). The summed E-state index contributed by atoms with van der Waals surface area (Å²) in [6.45, 7) is 4.06. The lowest BCUT2D eigenvalue weighted by Gasteiger charge is -2.05. The van der Waals surface area contributed by atoms with Gasteiger partial charge in [0.1, 0.15) is 4.83 Å². The summed E-state index contributed by atoms with van der Waals surface area (Å²) < 4.78 is 1.49. The number of amides is 1. The van der Waals surface area contributed by atoms with Crippen LogP contribution in [0.5, 0.6) is 0 Å². The van der Waals surface area contributed by atoms with Crippen LogP contribution in [0.15, 0.2) is 35.4 Å². The van der Waals surface area contributed by atoms with Crippen LogP contribution in [0.3, 0.4) is 0 Å². The van der Waals surface area contributed by atoms with Crippen LogP contribution >= 0.6 is 11.3 Å². The lowest BCUT2D eigenvalue weighted by molar-refractivity contribution is 0.0696. The van der Waals surface area contributed by atoms with E-state index in [0.29, 0.717) is 32.9 Å². The third-order valence-electron chi connectivity index (χ3n) is 3.83. The number of anilines is 1. The molecule has 0 bridgehead atoms. The van der Waals surface area contributed by atoms with E-state index in [2.05, 4.69) is 10.3 Å². The molecule has 3 rings (SSSR count). The first-order chi connectivity index (χ1) is 11.9. The summed E-state index contributed by atoms with van der Waals surface area (Å²) in [4.78, 5) is 41.2. The Kier molecular flexibility index (Phi) is 4.37. The predicted octanol–water partition coefficient (Wildman–Crippen LogP) is 2.74. The summed E-state index contributed by atoms with van der Waals surface area (Å²) >= 11 is 1.14. The molecule has 1 amide bonds. The quantitative estimate of drug-likeness (QED) is 0.748. The Balaban J connectivity index is 1.99. The molecule has 0 spiro atoms. The smallest absolute Gasteiger partial charge is 0.335 e. The van der Waals surface area contributed by atoms with Crippen LogP contribution < -0.4 is 10.9 Å². The largest absolute Gasteiger partial charge is 0.478 e. The van der Waals surface area contributed by atoms with E-state index in [4.69, 9.17) is 5.11 Å². The highest BCUT2D eigenvalue weighted by Gasteiger charge is 2.19. The summed E-state index contributed by atoms with van der Waals surface area (Å²) in [7, 11) is 0. The zero-order valence-corrected chi connectivity index (χ0v) is 14.4. The van der Waals surface area contributed by atoms with Crippen LogP contribution in [-0.4, -0.2) is 26.5 Å². The highest BCUT2D eigenvalue weighted by molar-refractivity contribution is 7.20. The Morgan fingerprint density at radius 3 is 2.80 bits per heavy atom. The van der Waals surface area contributed by atoms with E-state index in [1.54, 1.807) is 19.1 Å². The first-order valence-corrected chi connectivity index (χ1v) is 8.37. The fourth-order valence-electron chi connectivity index (χ4n) is 2.52. The number of fused-ring (bicyclic) bond motifs is 1. The molecule has 2 heterocycles. The number of thiophene rings is 1. The van der Waals surface area contributed by atoms with Gasteiger partial charge in [-0.25, -0.2) is 9.78 Å². The number of nitrogens with zero attached hydrogens (tertiary/aromatic N) is 2. The minimum absolute atomic E-state index is 0.0818. The van der Waals surface area contributed by atoms with Crippen LogP contribution in [0.2, 0.25) is 0 Å². The van der Waals surface area contributed by atoms with E-state index in [0.717, 1.165) is 11.3 Å². The lowest BCUT2D eigenvalue weighted by Crippen LogP contribution is -2.19. The van der Waals surface area contributed by atoms with Gasteiger partial charge in [0.25, 0.3) is 11.5 Å². The zero-order valence-electron chi connectivity index (χ0n) is 13.6. The SMILES string of the molecule is CCn1cnc2sc(C(=O)Nc3cccc(C(=O)O)c3)c(C)c2c1=O. The molecule has 0 aliphatic heterocycles. The molecule has 7 nitrogen and oxygen atoms in total. The second kappa shape index (κ2) is 6.48. The van der Waals surface area contributed by atoms with Gasteiger partial charge in [-0.2, -0.15) is 0 Å². The van der Waals surface area contributed by atoms with Crippen LogP contribution in [0.4, 0.5) is 5.69 Å². The maximum absolute atomic E-state index is 12.6. The summed E-state index contributed by atoms with van der Waals surface area (Å²) in [5.74, 6) is -1.47. The van der Waals surface area contributed by atoms with E-state index in [1.165, 1.54) is 23.0 Å². The molecule has 0 saturated heterocycles. The molecule has 1 aromatic carbocycles. The van der Waals surface area contributed by atoms with Gasteiger partial charge in [0.15, 0.2) is 0 Å². The summed E-state index contributed by atoms with van der Waals surface area (Å²) in [5.41, 5.74) is 0.861. The first kappa shape index (κ1) is 16.8. The Hall–Kier alpha value is -3.00. The zero-order chi connectivity index (χ0) is 18.1. The molecule has 128 valence electrons. The fraction of sp³-hybridized carbons (Fsp3) is 0.176. The van der Waals surface area contributed by atoms with Gasteiger partial charge in [0.2, 0.25) is 0 Å². The van der Waals surface area contributed by atoms with Gasteiger partial charge in [-0.1, -0.05) is 6.07 Å². The van der Waals surface area contributed by atoms with Crippen molar-refractivity contribution < 1.29 is 14.7 Å². The van der Waals surface area contributed by atoms with Gasteiger partial charge in [-0.3, -0.25) is 14.2 Å². The van der Waals surface area contributed by atoms with E-state index in [1.807, 2.05) is 6.92 Å². The summed E-state index contributed by atoms with van der Waals surface area (Å²) in [5, 5.41) is 12.1. The van der Waals surface area contributed by atoms with Crippen LogP contribution in [-0.2, 0) is 6.54 Å². The van der Waals surface area contributed by atoms with Crippen molar-refractivity contribution in [3.8, 4) is 0 Å². The minimum Gasteiger partial charge on any atom is -0.478 e. The third-order valence-corrected chi connectivity index (χ3v) is 5.03. The molecule has 3 aromatic rings. The Labute approximate surface area is 146 Å². The number of hydrogen-bond donors (Lipinski definition) is 2. The Morgan fingerprint density at radius 1 is 1.36 bits per heavy atom. The van der Waals surface area contributed by atoms with E-state index in [9.17, 15) is 14.4 Å². The van der Waals surface area contributed by atoms with Crippen molar-refractivity contribution in [1.82, 2.24) is 9.55 Å². The molecule has 0 aliphatic rings. The molecule has 0 saturated carbocycles. The molecule has 8 heteroatoms. The third kappa shape index (κ3) is 3.03. The van der Waals surface area contributed by atoms with Crippen LogP contribution in [0.25, 0.3) is 10.2 Å². The number of nitrogens with one attached hydrogen (secondary N) is 1. The summed E-state index contributed by atoms with van der Waals surface area (Å²) in [6, 6.07) is 5.98. The number of aromatic carboxylic acids is 1. The molecule has 0 aliphatic carbocycles. The van der Waals surface area contributed by atoms with Crippen molar-refractivity contribution in [2.75, 3.05) is 5.32 Å². The van der Waals surface area contributed by atoms with E-state index >= 15 is 0 Å². The molecule has 2 N–H and O–H groups in total. The molecular weight excluding hydrogens is 342 g/mol. The van der Waals surface area contributed by atoms with Crippen molar-refractivity contribution in [3.05, 3.63) is 57.0 Å². The number of carbonyl (C=O) groups is 2. The molecule has 2 aromatic heterocycles. The van der Waals surface area contributed by atoms with Gasteiger partial charge in [-0.15, -0.1) is 11.3 Å². The predicted molar refractivity (Wildman–Crippen MR) is 95.6 cm³/mol. The first-order valence-electron chi connectivity index (χ1n) is 7.55. The maximum Gasteiger partial charge on any atom is 0.335 e.